The van der Waals surface area contributed by atoms with Crippen LogP contribution in [-0.4, -0.2) is 15.3 Å². The molecule has 0 atom stereocenters. The Kier molecular flexibility index (Phi) is 5.65. The molecule has 0 radical (unpaired) electrons. The number of phenolic OH excluding ortho intramolecular Hbond substituents is 3. The average molecular weight is 428 g/mol. The van der Waals surface area contributed by atoms with Crippen LogP contribution in [0.15, 0.2) is 78.9 Å². The lowest BCUT2D eigenvalue weighted by Gasteiger charge is -2.28. The van der Waals surface area contributed by atoms with E-state index < -0.39 is 0 Å². The third-order valence-corrected chi connectivity index (χ3v) is 5.43. The molecule has 0 saturated heterocycles. The number of aryl methyl sites for hydroxylation is 3. The first-order valence-corrected chi connectivity index (χ1v) is 10.3. The van der Waals surface area contributed by atoms with Gasteiger partial charge in [-0.1, -0.05) is 36.4 Å². The van der Waals surface area contributed by atoms with Crippen molar-refractivity contribution in [3.8, 4) is 28.7 Å². The van der Waals surface area contributed by atoms with E-state index in [1.54, 1.807) is 18.2 Å². The monoisotopic (exact) mass is 427 g/mol. The number of rotatable bonds is 5. The van der Waals surface area contributed by atoms with E-state index in [2.05, 4.69) is 0 Å². The molecule has 4 aromatic rings. The Bertz CT molecular complexity index is 1230. The Labute approximate surface area is 187 Å². The van der Waals surface area contributed by atoms with Crippen molar-refractivity contribution in [2.45, 2.75) is 20.8 Å². The van der Waals surface area contributed by atoms with Gasteiger partial charge in [0.05, 0.1) is 5.69 Å². The van der Waals surface area contributed by atoms with Crippen LogP contribution in [0, 0.1) is 20.8 Å². The molecular weight excluding hydrogens is 402 g/mol. The summed E-state index contributed by atoms with van der Waals surface area (Å²) in [5, 5.41) is 31.2. The number of nitrogens with zero attached hydrogens (tertiary/aromatic N) is 1. The molecule has 162 valence electrons. The summed E-state index contributed by atoms with van der Waals surface area (Å²) in [6.07, 6.45) is 0. The second-order valence-electron chi connectivity index (χ2n) is 7.77. The highest BCUT2D eigenvalue weighted by Gasteiger charge is 2.20. The summed E-state index contributed by atoms with van der Waals surface area (Å²) < 4.78 is 6.14. The average Bonchev–Trinajstić information content (AvgIpc) is 2.77. The molecule has 0 aliphatic carbocycles. The predicted octanol–water partition coefficient (Wildman–Crippen LogP) is 6.99. The molecule has 5 nitrogen and oxygen atoms in total. The van der Waals surface area contributed by atoms with Crippen molar-refractivity contribution in [2.75, 3.05) is 4.90 Å². The molecule has 0 spiro atoms. The minimum Gasteiger partial charge on any atom is -0.508 e. The molecule has 0 unspecified atom stereocenters. The fourth-order valence-electron chi connectivity index (χ4n) is 3.46. The first-order chi connectivity index (χ1) is 15.3. The summed E-state index contributed by atoms with van der Waals surface area (Å²) in [7, 11) is 0. The number of ether oxygens (including phenoxy) is 1. The van der Waals surface area contributed by atoms with E-state index in [1.807, 2.05) is 86.3 Å². The normalized spacial score (nSPS) is 10.7. The molecular formula is C27H25NO4. The van der Waals surface area contributed by atoms with Crippen LogP contribution >= 0.6 is 0 Å². The topological polar surface area (TPSA) is 73.2 Å². The van der Waals surface area contributed by atoms with Gasteiger partial charge in [-0.05, 0) is 67.8 Å². The third kappa shape index (κ3) is 4.05. The van der Waals surface area contributed by atoms with E-state index in [9.17, 15) is 15.3 Å². The van der Waals surface area contributed by atoms with Gasteiger partial charge in [-0.3, -0.25) is 0 Å². The molecule has 0 aliphatic heterocycles. The molecule has 0 bridgehead atoms. The van der Waals surface area contributed by atoms with Gasteiger partial charge in [0.1, 0.15) is 11.5 Å². The van der Waals surface area contributed by atoms with Gasteiger partial charge in [-0.25, -0.2) is 0 Å². The number of para-hydroxylation sites is 3. The SMILES string of the molecule is Cc1ccc(N(c2ccc(C)c(O)c2)c2ccccc2Oc2cccc(C)c2O)cc1O. The van der Waals surface area contributed by atoms with Crippen molar-refractivity contribution >= 4 is 17.1 Å². The standard InChI is InChI=1S/C27H25NO4/c1-17-11-13-20(15-23(17)29)28(21-14-12-18(2)24(30)16-21)22-8-4-5-9-25(22)32-26-10-6-7-19(3)27(26)31/h4-16,29-31H,1-3H3. The van der Waals surface area contributed by atoms with Crippen LogP contribution < -0.4 is 9.64 Å². The zero-order valence-electron chi connectivity index (χ0n) is 18.2. The summed E-state index contributed by atoms with van der Waals surface area (Å²) in [4.78, 5) is 1.89. The minimum atomic E-state index is 0.0785. The molecule has 4 aromatic carbocycles. The lowest BCUT2D eigenvalue weighted by molar-refractivity contribution is 0.409. The van der Waals surface area contributed by atoms with Crippen molar-refractivity contribution in [1.82, 2.24) is 0 Å². The second-order valence-corrected chi connectivity index (χ2v) is 7.77. The second kappa shape index (κ2) is 8.55. The van der Waals surface area contributed by atoms with Crippen molar-refractivity contribution in [1.29, 1.82) is 0 Å². The van der Waals surface area contributed by atoms with Gasteiger partial charge in [-0.15, -0.1) is 0 Å². The summed E-state index contributed by atoms with van der Waals surface area (Å²) in [6, 6.07) is 23.6. The largest absolute Gasteiger partial charge is 0.508 e. The molecule has 0 saturated carbocycles. The Balaban J connectivity index is 1.89. The molecule has 0 amide bonds. The Morgan fingerprint density at radius 3 is 1.75 bits per heavy atom. The first-order valence-electron chi connectivity index (χ1n) is 10.3. The molecule has 3 N–H and O–H groups in total. The highest BCUT2D eigenvalue weighted by atomic mass is 16.5. The fourth-order valence-corrected chi connectivity index (χ4v) is 3.46. The zero-order valence-corrected chi connectivity index (χ0v) is 18.2. The lowest BCUT2D eigenvalue weighted by Crippen LogP contribution is -2.11. The Morgan fingerprint density at radius 1 is 0.594 bits per heavy atom. The van der Waals surface area contributed by atoms with Crippen molar-refractivity contribution < 1.29 is 20.1 Å². The van der Waals surface area contributed by atoms with Gasteiger partial charge >= 0.3 is 0 Å². The molecule has 0 aliphatic rings. The van der Waals surface area contributed by atoms with Crippen LogP contribution in [0.25, 0.3) is 0 Å². The summed E-state index contributed by atoms with van der Waals surface area (Å²) in [6.45, 7) is 5.47. The van der Waals surface area contributed by atoms with Crippen LogP contribution in [0.1, 0.15) is 16.7 Å². The number of hydrogen-bond acceptors (Lipinski definition) is 5. The van der Waals surface area contributed by atoms with E-state index in [-0.39, 0.29) is 17.2 Å². The smallest absolute Gasteiger partial charge is 0.169 e. The van der Waals surface area contributed by atoms with Gasteiger partial charge in [-0.2, -0.15) is 0 Å². The number of phenols is 3. The minimum absolute atomic E-state index is 0.0785. The zero-order chi connectivity index (χ0) is 22.8. The van der Waals surface area contributed by atoms with E-state index in [0.717, 1.165) is 11.1 Å². The molecule has 0 aromatic heterocycles. The summed E-state index contributed by atoms with van der Waals surface area (Å²) in [5.74, 6) is 1.26. The summed E-state index contributed by atoms with van der Waals surface area (Å²) in [5.41, 5.74) is 4.30. The molecule has 32 heavy (non-hydrogen) atoms. The number of benzene rings is 4. The van der Waals surface area contributed by atoms with Crippen LogP contribution in [0.3, 0.4) is 0 Å². The van der Waals surface area contributed by atoms with E-state index >= 15 is 0 Å². The maximum atomic E-state index is 10.5. The van der Waals surface area contributed by atoms with Crippen LogP contribution in [-0.2, 0) is 0 Å². The number of hydrogen-bond donors (Lipinski definition) is 3. The Morgan fingerprint density at radius 2 is 1.16 bits per heavy atom. The van der Waals surface area contributed by atoms with Crippen molar-refractivity contribution in [2.24, 2.45) is 0 Å². The fraction of sp³-hybridized carbons (Fsp3) is 0.111. The van der Waals surface area contributed by atoms with E-state index in [0.29, 0.717) is 34.1 Å². The lowest BCUT2D eigenvalue weighted by atomic mass is 10.1. The van der Waals surface area contributed by atoms with Crippen LogP contribution in [0.4, 0.5) is 17.1 Å². The first kappa shape index (κ1) is 21.1. The highest BCUT2D eigenvalue weighted by molar-refractivity contribution is 5.81. The number of anilines is 3. The third-order valence-electron chi connectivity index (χ3n) is 5.43. The van der Waals surface area contributed by atoms with Gasteiger partial charge in [0.2, 0.25) is 0 Å². The van der Waals surface area contributed by atoms with Crippen molar-refractivity contribution in [3.63, 3.8) is 0 Å². The van der Waals surface area contributed by atoms with Crippen LogP contribution in [0.2, 0.25) is 0 Å². The maximum absolute atomic E-state index is 10.5. The van der Waals surface area contributed by atoms with Gasteiger partial charge < -0.3 is 25.0 Å². The van der Waals surface area contributed by atoms with Gasteiger partial charge in [0.15, 0.2) is 17.2 Å². The van der Waals surface area contributed by atoms with E-state index in [1.165, 1.54) is 0 Å². The number of aromatic hydroxyl groups is 3. The maximum Gasteiger partial charge on any atom is 0.169 e. The van der Waals surface area contributed by atoms with Crippen LogP contribution in [0.5, 0.6) is 28.7 Å². The molecule has 0 heterocycles. The molecule has 4 rings (SSSR count). The summed E-state index contributed by atoms with van der Waals surface area (Å²) >= 11 is 0. The molecule has 5 heteroatoms. The van der Waals surface area contributed by atoms with Gasteiger partial charge in [0.25, 0.3) is 0 Å². The quantitative estimate of drug-likeness (QED) is 0.320. The Hall–Kier alpha value is -4.12. The van der Waals surface area contributed by atoms with Crippen molar-refractivity contribution in [3.05, 3.63) is 95.6 Å². The highest BCUT2D eigenvalue weighted by Crippen LogP contribution is 2.45. The predicted molar refractivity (Wildman–Crippen MR) is 127 cm³/mol. The molecule has 0 fully saturated rings. The van der Waals surface area contributed by atoms with Gasteiger partial charge in [0, 0.05) is 23.5 Å². The van der Waals surface area contributed by atoms with E-state index in [4.69, 9.17) is 4.74 Å².